The van der Waals surface area contributed by atoms with E-state index in [4.69, 9.17) is 5.53 Å². The third-order valence-electron chi connectivity index (χ3n) is 2.33. The minimum Gasteiger partial charge on any atom is -0.256 e. The van der Waals surface area contributed by atoms with Crippen LogP contribution in [-0.2, 0) is 0 Å². The fraction of sp³-hybridized carbons (Fsp3) is 0.182. The quantitative estimate of drug-likeness (QED) is 0.413. The van der Waals surface area contributed by atoms with Crippen molar-refractivity contribution in [1.29, 1.82) is 0 Å². The van der Waals surface area contributed by atoms with Crippen molar-refractivity contribution in [3.8, 4) is 0 Å². The van der Waals surface area contributed by atoms with Gasteiger partial charge >= 0.3 is 0 Å². The molecule has 0 saturated carbocycles. The van der Waals surface area contributed by atoms with Crippen LogP contribution in [0.15, 0.2) is 41.6 Å². The summed E-state index contributed by atoms with van der Waals surface area (Å²) in [6.07, 6.45) is 1.76. The number of hydrogen-bond acceptors (Lipinski definition) is 2. The Kier molecular flexibility index (Phi) is 2.52. The summed E-state index contributed by atoms with van der Waals surface area (Å²) in [6.45, 7) is 1.87. The molecule has 0 aliphatic heterocycles. The van der Waals surface area contributed by atoms with E-state index < -0.39 is 0 Å². The summed E-state index contributed by atoms with van der Waals surface area (Å²) in [4.78, 5) is 7.03. The number of azide groups is 1. The topological polar surface area (TPSA) is 61.7 Å². The monoisotopic (exact) mass is 198 g/mol. The lowest BCUT2D eigenvalue weighted by Crippen LogP contribution is -1.88. The lowest BCUT2D eigenvalue weighted by molar-refractivity contribution is 0.809. The van der Waals surface area contributed by atoms with E-state index in [1.54, 1.807) is 6.20 Å². The van der Waals surface area contributed by atoms with Gasteiger partial charge in [-0.2, -0.15) is 0 Å². The van der Waals surface area contributed by atoms with Crippen LogP contribution in [0.3, 0.4) is 0 Å². The average molecular weight is 198 g/mol. The number of benzene rings is 1. The minimum atomic E-state index is -0.139. The maximum atomic E-state index is 8.36. The van der Waals surface area contributed by atoms with Crippen LogP contribution in [0.1, 0.15) is 18.5 Å². The van der Waals surface area contributed by atoms with Crippen LogP contribution in [0.2, 0.25) is 0 Å². The van der Waals surface area contributed by atoms with Gasteiger partial charge in [0.25, 0.3) is 0 Å². The summed E-state index contributed by atoms with van der Waals surface area (Å²) in [7, 11) is 0. The Labute approximate surface area is 87.2 Å². The standard InChI is InChI=1S/C11H10N4/c1-8(14-15-12)9-4-5-11-10(7-9)3-2-6-13-11/h2-8H,1H3. The molecule has 1 aromatic heterocycles. The van der Waals surface area contributed by atoms with E-state index in [1.807, 2.05) is 37.3 Å². The zero-order valence-electron chi connectivity index (χ0n) is 8.33. The maximum absolute atomic E-state index is 8.36. The van der Waals surface area contributed by atoms with Crippen LogP contribution in [0.5, 0.6) is 0 Å². The second-order valence-electron chi connectivity index (χ2n) is 3.34. The molecule has 1 atom stereocenters. The van der Waals surface area contributed by atoms with Crippen molar-refractivity contribution in [2.24, 2.45) is 5.11 Å². The first kappa shape index (κ1) is 9.49. The molecule has 0 amide bonds. The molecule has 0 fully saturated rings. The van der Waals surface area contributed by atoms with Crippen LogP contribution < -0.4 is 0 Å². The second kappa shape index (κ2) is 3.98. The van der Waals surface area contributed by atoms with Crippen LogP contribution in [0.25, 0.3) is 21.3 Å². The first-order chi connectivity index (χ1) is 7.31. The third-order valence-corrected chi connectivity index (χ3v) is 2.33. The molecule has 0 saturated heterocycles. The molecule has 0 aliphatic rings. The SMILES string of the molecule is CC(N=[N+]=[N-])c1ccc2ncccc2c1. The number of hydrogen-bond donors (Lipinski definition) is 0. The predicted molar refractivity (Wildman–Crippen MR) is 59.3 cm³/mol. The number of aromatic nitrogens is 1. The van der Waals surface area contributed by atoms with Crippen molar-refractivity contribution in [2.45, 2.75) is 13.0 Å². The Morgan fingerprint density at radius 1 is 1.40 bits per heavy atom. The third kappa shape index (κ3) is 1.90. The molecule has 2 rings (SSSR count). The largest absolute Gasteiger partial charge is 0.256 e. The lowest BCUT2D eigenvalue weighted by Gasteiger charge is -2.05. The van der Waals surface area contributed by atoms with Crippen LogP contribution in [-0.4, -0.2) is 4.98 Å². The van der Waals surface area contributed by atoms with E-state index in [-0.39, 0.29) is 6.04 Å². The van der Waals surface area contributed by atoms with Crippen molar-refractivity contribution < 1.29 is 0 Å². The van der Waals surface area contributed by atoms with Crippen LogP contribution in [0.4, 0.5) is 0 Å². The summed E-state index contributed by atoms with van der Waals surface area (Å²) >= 11 is 0. The van der Waals surface area contributed by atoms with Crippen LogP contribution in [0, 0.1) is 0 Å². The Hall–Kier alpha value is -2.06. The Morgan fingerprint density at radius 2 is 2.27 bits per heavy atom. The average Bonchev–Trinajstić information content (AvgIpc) is 2.29. The highest BCUT2D eigenvalue weighted by molar-refractivity contribution is 5.79. The van der Waals surface area contributed by atoms with Gasteiger partial charge in [0.05, 0.1) is 11.6 Å². The summed E-state index contributed by atoms with van der Waals surface area (Å²) < 4.78 is 0. The summed E-state index contributed by atoms with van der Waals surface area (Å²) in [6, 6.07) is 9.63. The normalized spacial score (nSPS) is 12.1. The van der Waals surface area contributed by atoms with Crippen molar-refractivity contribution in [3.05, 3.63) is 52.5 Å². The molecular formula is C11H10N4. The molecule has 1 aromatic carbocycles. The molecular weight excluding hydrogens is 188 g/mol. The summed E-state index contributed by atoms with van der Waals surface area (Å²) in [5.41, 5.74) is 10.3. The van der Waals surface area contributed by atoms with Gasteiger partial charge in [-0.25, -0.2) is 0 Å². The van der Waals surface area contributed by atoms with Gasteiger partial charge in [0.1, 0.15) is 0 Å². The molecule has 0 spiro atoms. The van der Waals surface area contributed by atoms with Gasteiger partial charge in [-0.1, -0.05) is 24.2 Å². The number of rotatable bonds is 2. The Morgan fingerprint density at radius 3 is 3.07 bits per heavy atom. The second-order valence-corrected chi connectivity index (χ2v) is 3.34. The molecule has 4 nitrogen and oxygen atoms in total. The molecule has 1 heterocycles. The van der Waals surface area contributed by atoms with Gasteiger partial charge in [0.2, 0.25) is 0 Å². The molecule has 0 aliphatic carbocycles. The number of nitrogens with zero attached hydrogens (tertiary/aromatic N) is 4. The molecule has 0 N–H and O–H groups in total. The first-order valence-electron chi connectivity index (χ1n) is 4.70. The predicted octanol–water partition coefficient (Wildman–Crippen LogP) is 3.61. The smallest absolute Gasteiger partial charge is 0.0702 e. The zero-order chi connectivity index (χ0) is 10.7. The van der Waals surface area contributed by atoms with E-state index in [9.17, 15) is 0 Å². The van der Waals surface area contributed by atoms with Gasteiger partial charge in [-0.3, -0.25) is 4.98 Å². The molecule has 0 radical (unpaired) electrons. The number of pyridine rings is 1. The molecule has 74 valence electrons. The van der Waals surface area contributed by atoms with Crippen molar-refractivity contribution in [3.63, 3.8) is 0 Å². The van der Waals surface area contributed by atoms with Gasteiger partial charge in [0.15, 0.2) is 0 Å². The number of fused-ring (bicyclic) bond motifs is 1. The highest BCUT2D eigenvalue weighted by Crippen LogP contribution is 2.21. The van der Waals surface area contributed by atoms with Crippen LogP contribution >= 0.6 is 0 Å². The van der Waals surface area contributed by atoms with E-state index in [2.05, 4.69) is 15.0 Å². The zero-order valence-corrected chi connectivity index (χ0v) is 8.33. The summed E-state index contributed by atoms with van der Waals surface area (Å²) in [5.74, 6) is 0. The van der Waals surface area contributed by atoms with Gasteiger partial charge in [-0.05, 0) is 29.3 Å². The molecule has 1 unspecified atom stereocenters. The lowest BCUT2D eigenvalue weighted by atomic mass is 10.1. The Bertz CT molecular complexity index is 529. The maximum Gasteiger partial charge on any atom is 0.0702 e. The molecule has 0 bridgehead atoms. The van der Waals surface area contributed by atoms with Gasteiger partial charge < -0.3 is 0 Å². The van der Waals surface area contributed by atoms with Crippen molar-refractivity contribution in [2.75, 3.05) is 0 Å². The molecule has 15 heavy (non-hydrogen) atoms. The van der Waals surface area contributed by atoms with E-state index >= 15 is 0 Å². The van der Waals surface area contributed by atoms with E-state index in [0.717, 1.165) is 16.5 Å². The summed E-state index contributed by atoms with van der Waals surface area (Å²) in [5, 5.41) is 4.73. The fourth-order valence-corrected chi connectivity index (χ4v) is 1.50. The fourth-order valence-electron chi connectivity index (χ4n) is 1.50. The molecule has 2 aromatic rings. The Balaban J connectivity index is 2.51. The first-order valence-corrected chi connectivity index (χ1v) is 4.70. The van der Waals surface area contributed by atoms with Gasteiger partial charge in [0, 0.05) is 16.5 Å². The van der Waals surface area contributed by atoms with Crippen molar-refractivity contribution in [1.82, 2.24) is 4.98 Å². The highest BCUT2D eigenvalue weighted by Gasteiger charge is 2.03. The molecule has 4 heteroatoms. The van der Waals surface area contributed by atoms with Gasteiger partial charge in [-0.15, -0.1) is 0 Å². The van der Waals surface area contributed by atoms with E-state index in [0.29, 0.717) is 0 Å². The minimum absolute atomic E-state index is 0.139. The van der Waals surface area contributed by atoms with E-state index in [1.165, 1.54) is 0 Å². The van der Waals surface area contributed by atoms with Crippen molar-refractivity contribution >= 4 is 10.9 Å². The highest BCUT2D eigenvalue weighted by atomic mass is 15.1.